The van der Waals surface area contributed by atoms with Gasteiger partial charge < -0.3 is 28.8 Å². The molecule has 0 aromatic heterocycles. The van der Waals surface area contributed by atoms with Crippen LogP contribution in [0.15, 0.2) is 30.3 Å². The van der Waals surface area contributed by atoms with Crippen molar-refractivity contribution in [3.05, 3.63) is 35.9 Å². The molecule has 1 aromatic carbocycles. The van der Waals surface area contributed by atoms with Crippen molar-refractivity contribution in [1.29, 1.82) is 0 Å². The zero-order chi connectivity index (χ0) is 26.0. The lowest BCUT2D eigenvalue weighted by Crippen LogP contribution is -2.60. The summed E-state index contributed by atoms with van der Waals surface area (Å²) < 4.78 is 23.5. The highest BCUT2D eigenvalue weighted by atomic mass is 28.4. The molecule has 34 heavy (non-hydrogen) atoms. The second kappa shape index (κ2) is 10.4. The van der Waals surface area contributed by atoms with Crippen molar-refractivity contribution in [1.82, 2.24) is 0 Å². The predicted octanol–water partition coefficient (Wildman–Crippen LogP) is 3.92. The fraction of sp³-hybridized carbons (Fsp3) is 0.731. The van der Waals surface area contributed by atoms with Gasteiger partial charge in [0.2, 0.25) is 5.79 Å². The van der Waals surface area contributed by atoms with Crippen LogP contribution < -0.4 is 0 Å². The predicted molar refractivity (Wildman–Crippen MR) is 134 cm³/mol. The van der Waals surface area contributed by atoms with Crippen LogP contribution >= 0.6 is 0 Å². The zero-order valence-electron chi connectivity index (χ0n) is 22.3. The molecule has 1 aliphatic heterocycles. The molecule has 7 nitrogen and oxygen atoms in total. The van der Waals surface area contributed by atoms with Crippen LogP contribution in [0.25, 0.3) is 0 Å². The van der Waals surface area contributed by atoms with E-state index >= 15 is 0 Å². The van der Waals surface area contributed by atoms with E-state index in [9.17, 15) is 15.0 Å². The summed E-state index contributed by atoms with van der Waals surface area (Å²) in [5.74, 6) is -3.01. The Bertz CT molecular complexity index is 815. The van der Waals surface area contributed by atoms with Crippen molar-refractivity contribution in [3.8, 4) is 0 Å². The molecule has 0 spiro atoms. The maximum Gasteiger partial charge on any atom is 0.311 e. The highest BCUT2D eigenvalue weighted by Gasteiger charge is 2.65. The number of aliphatic hydroxyl groups is 2. The number of carbonyl (C=O) groups is 1. The number of rotatable bonds is 9. The number of hydrogen-bond acceptors (Lipinski definition) is 7. The second-order valence-electron chi connectivity index (χ2n) is 12.0. The van der Waals surface area contributed by atoms with E-state index in [0.717, 1.165) is 5.56 Å². The molecule has 0 bridgehead atoms. The van der Waals surface area contributed by atoms with Crippen LogP contribution in [0.2, 0.25) is 18.1 Å². The first-order chi connectivity index (χ1) is 15.5. The number of hydrogen-bond donors (Lipinski definition) is 2. The summed E-state index contributed by atoms with van der Waals surface area (Å²) in [4.78, 5) is 12.5. The Balaban J connectivity index is 2.40. The molecule has 8 heteroatoms. The molecule has 1 heterocycles. The fourth-order valence-corrected chi connectivity index (χ4v) is 4.85. The lowest BCUT2D eigenvalue weighted by atomic mass is 9.79. The van der Waals surface area contributed by atoms with Gasteiger partial charge in [-0.1, -0.05) is 51.1 Å². The Morgan fingerprint density at radius 3 is 2.15 bits per heavy atom. The van der Waals surface area contributed by atoms with Crippen molar-refractivity contribution in [2.24, 2.45) is 11.3 Å². The first-order valence-electron chi connectivity index (χ1n) is 11.9. The van der Waals surface area contributed by atoms with Crippen molar-refractivity contribution in [2.45, 2.75) is 83.6 Å². The molecule has 1 fully saturated rings. The minimum absolute atomic E-state index is 0.0413. The molecule has 0 unspecified atom stereocenters. The number of carbonyl (C=O) groups excluding carboxylic acids is 1. The number of ether oxygens (including phenoxy) is 3. The number of benzene rings is 1. The van der Waals surface area contributed by atoms with Crippen LogP contribution in [0.4, 0.5) is 0 Å². The van der Waals surface area contributed by atoms with E-state index in [-0.39, 0.29) is 37.2 Å². The van der Waals surface area contributed by atoms with Crippen molar-refractivity contribution in [3.63, 3.8) is 0 Å². The van der Waals surface area contributed by atoms with Gasteiger partial charge >= 0.3 is 5.97 Å². The molecule has 1 aliphatic rings. The van der Waals surface area contributed by atoms with E-state index in [1.165, 1.54) is 7.11 Å². The fourth-order valence-electron chi connectivity index (χ4n) is 3.82. The largest absolute Gasteiger partial charge is 0.463 e. The lowest BCUT2D eigenvalue weighted by molar-refractivity contribution is -0.276. The first-order valence-corrected chi connectivity index (χ1v) is 14.8. The third-order valence-corrected chi connectivity index (χ3v) is 11.7. The molecule has 1 aromatic rings. The van der Waals surface area contributed by atoms with Crippen LogP contribution in [-0.2, 0) is 29.9 Å². The van der Waals surface area contributed by atoms with E-state index in [4.69, 9.17) is 18.6 Å². The van der Waals surface area contributed by atoms with Gasteiger partial charge in [-0.25, -0.2) is 0 Å². The second-order valence-corrected chi connectivity index (χ2v) is 16.8. The third kappa shape index (κ3) is 6.28. The van der Waals surface area contributed by atoms with E-state index in [0.29, 0.717) is 0 Å². The summed E-state index contributed by atoms with van der Waals surface area (Å²) in [6, 6.07) is 9.34. The maximum absolute atomic E-state index is 12.5. The SMILES string of the molecule is COC[C@@]1(O)[C@@H](CO[Si](C)(C)C(C)(C)C)[C@@H](COC(=O)C(C)(C)C)O[C@@]1(O)Cc1ccccc1. The van der Waals surface area contributed by atoms with Gasteiger partial charge in [-0.15, -0.1) is 0 Å². The Hall–Kier alpha value is -1.29. The Morgan fingerprint density at radius 2 is 1.65 bits per heavy atom. The van der Waals surface area contributed by atoms with E-state index in [1.807, 2.05) is 30.3 Å². The highest BCUT2D eigenvalue weighted by Crippen LogP contribution is 2.46. The molecular formula is C26H44O7Si. The standard InChI is InChI=1S/C26H44O7Si/c1-23(2,3)22(27)31-17-21-20(16-32-34(8,9)24(4,5)6)25(28,18-30-7)26(29,33-21)15-19-13-11-10-12-14-19/h10-14,20-21,28-29H,15-18H2,1-9H3/t20-,21+,25+,26-/m0/s1. The van der Waals surface area contributed by atoms with Gasteiger partial charge in [-0.05, 0) is 44.5 Å². The van der Waals surface area contributed by atoms with Gasteiger partial charge in [0, 0.05) is 26.1 Å². The molecule has 2 N–H and O–H groups in total. The van der Waals surface area contributed by atoms with Crippen LogP contribution in [-0.4, -0.2) is 68.9 Å². The molecule has 0 amide bonds. The average Bonchev–Trinajstić information content (AvgIpc) is 2.90. The number of methoxy groups -OCH3 is 1. The third-order valence-electron chi connectivity index (χ3n) is 7.16. The van der Waals surface area contributed by atoms with Crippen molar-refractivity contribution >= 4 is 14.3 Å². The Kier molecular flexibility index (Phi) is 8.82. The molecule has 194 valence electrons. The van der Waals surface area contributed by atoms with Crippen LogP contribution in [0, 0.1) is 11.3 Å². The molecule has 4 atom stereocenters. The minimum Gasteiger partial charge on any atom is -0.463 e. The molecule has 0 radical (unpaired) electrons. The summed E-state index contributed by atoms with van der Waals surface area (Å²) in [7, 11) is -0.708. The quantitative estimate of drug-likeness (QED) is 0.395. The smallest absolute Gasteiger partial charge is 0.311 e. The topological polar surface area (TPSA) is 94.5 Å². The van der Waals surface area contributed by atoms with Gasteiger partial charge in [0.15, 0.2) is 8.32 Å². The van der Waals surface area contributed by atoms with Crippen LogP contribution in [0.5, 0.6) is 0 Å². The Morgan fingerprint density at radius 1 is 1.06 bits per heavy atom. The zero-order valence-corrected chi connectivity index (χ0v) is 23.3. The van der Waals surface area contributed by atoms with Crippen LogP contribution in [0.1, 0.15) is 47.1 Å². The summed E-state index contributed by atoms with van der Waals surface area (Å²) in [6.45, 7) is 15.9. The maximum atomic E-state index is 12.5. The van der Waals surface area contributed by atoms with Crippen molar-refractivity contribution in [2.75, 3.05) is 26.9 Å². The molecular weight excluding hydrogens is 452 g/mol. The number of esters is 1. The minimum atomic E-state index is -2.18. The highest BCUT2D eigenvalue weighted by molar-refractivity contribution is 6.74. The molecule has 2 rings (SSSR count). The summed E-state index contributed by atoms with van der Waals surface area (Å²) in [6.07, 6.45) is -0.724. The summed E-state index contributed by atoms with van der Waals surface area (Å²) >= 11 is 0. The monoisotopic (exact) mass is 496 g/mol. The van der Waals surface area contributed by atoms with Gasteiger partial charge in [0.1, 0.15) is 18.3 Å². The average molecular weight is 497 g/mol. The van der Waals surface area contributed by atoms with Gasteiger partial charge in [-0.2, -0.15) is 0 Å². The Labute approximate surface area is 205 Å². The van der Waals surface area contributed by atoms with Gasteiger partial charge in [-0.3, -0.25) is 4.79 Å². The van der Waals surface area contributed by atoms with E-state index in [1.54, 1.807) is 20.8 Å². The molecule has 1 saturated heterocycles. The normalized spacial score (nSPS) is 28.2. The summed E-state index contributed by atoms with van der Waals surface area (Å²) in [5.41, 5.74) is -1.66. The first kappa shape index (κ1) is 28.9. The summed E-state index contributed by atoms with van der Waals surface area (Å²) in [5, 5.41) is 23.6. The van der Waals surface area contributed by atoms with Gasteiger partial charge in [0.05, 0.1) is 12.0 Å². The lowest BCUT2D eigenvalue weighted by Gasteiger charge is -2.41. The van der Waals surface area contributed by atoms with Gasteiger partial charge in [0.25, 0.3) is 0 Å². The molecule has 0 aliphatic carbocycles. The molecule has 0 saturated carbocycles. The van der Waals surface area contributed by atoms with E-state index < -0.39 is 37.1 Å². The van der Waals surface area contributed by atoms with E-state index in [2.05, 4.69) is 33.9 Å². The van der Waals surface area contributed by atoms with Crippen LogP contribution in [0.3, 0.4) is 0 Å². The van der Waals surface area contributed by atoms with Crippen molar-refractivity contribution < 1.29 is 33.6 Å².